The third kappa shape index (κ3) is 22.5. The van der Waals surface area contributed by atoms with Crippen molar-refractivity contribution in [3.63, 3.8) is 0 Å². The van der Waals surface area contributed by atoms with E-state index in [1.54, 1.807) is 0 Å². The minimum atomic E-state index is -2.42. The van der Waals surface area contributed by atoms with E-state index in [0.29, 0.717) is 0 Å². The molecule has 0 saturated carbocycles. The highest BCUT2D eigenvalue weighted by molar-refractivity contribution is 5.74. The molecule has 30 N–H and O–H groups in total. The molecular formula is C66H111N5O48. The number of nitrogens with one attached hydrogen (secondary N) is 5. The summed E-state index contributed by atoms with van der Waals surface area (Å²) >= 11 is 0. The minimum absolute atomic E-state index is 0.253. The molecule has 0 bridgehead atoms. The molecule has 5 amide bonds. The van der Waals surface area contributed by atoms with Gasteiger partial charge in [0.15, 0.2) is 56.6 Å². The maximum atomic E-state index is 13.2. The van der Waals surface area contributed by atoms with Gasteiger partial charge < -0.3 is 240 Å². The predicted molar refractivity (Wildman–Crippen MR) is 367 cm³/mol. The lowest BCUT2D eigenvalue weighted by Crippen LogP contribution is -2.71. The lowest BCUT2D eigenvalue weighted by molar-refractivity contribution is -0.389. The average molecular weight is 1740 g/mol. The summed E-state index contributed by atoms with van der Waals surface area (Å²) in [6.07, 6.45) is -83.1. The fourth-order valence-electron chi connectivity index (χ4n) is 15.1. The maximum absolute atomic E-state index is 13.2. The Morgan fingerprint density at radius 2 is 0.538 bits per heavy atom. The van der Waals surface area contributed by atoms with E-state index in [4.69, 9.17) is 85.3 Å². The maximum Gasteiger partial charge on any atom is 0.217 e. The molecule has 688 valence electrons. The summed E-state index contributed by atoms with van der Waals surface area (Å²) in [7, 11) is 0. The highest BCUT2D eigenvalue weighted by Crippen LogP contribution is 2.40. The zero-order valence-corrected chi connectivity index (χ0v) is 64.0. The van der Waals surface area contributed by atoms with Crippen LogP contribution in [-0.2, 0) is 109 Å². The SMILES string of the molecule is CC(=O)N[C@H]1[C@H](OC[C@H]2O[C@@H](O[C@H]3[C@H](O)[C@@H](NC(C)=O)[C@H](O[C@H]4[C@@H](O)[C@@H](CO)O[C@@H](O[C@H]5[C@H](O)[C@@H](NC(C)=O)[C@H](O[C@H]6[C@@H](O)[C@@H](CO)O[C@@H](O[C@H]7[C@H](O)[C@@H](O)[C@H](OC[C@@H](CO)NC=O)O[C@@H]7CO)[C@@H]6O)O[C@@H]5CO)[C@@H]4O)O[C@@H]3CO)[C@H](O)[C@@H](O[C@@H]3O[C@H](CO)[C@@H](O)[C@H](O)[C@H]3NC(C)=O)[C@H]2O)O[C@H](CO)[C@@H](O[C@@H]2O[C@H](CO)[C@H](O)[C@H](O)[C@H]2O)[C@@H]1O. The molecular weight excluding hydrogens is 1630 g/mol. The highest BCUT2D eigenvalue weighted by atomic mass is 16.8. The first kappa shape index (κ1) is 98.4. The number of amides is 5. The van der Waals surface area contributed by atoms with Crippen LogP contribution in [0, 0.1) is 0 Å². The third-order valence-electron chi connectivity index (χ3n) is 21.3. The second-order valence-electron chi connectivity index (χ2n) is 29.6. The van der Waals surface area contributed by atoms with Gasteiger partial charge in [-0.1, -0.05) is 0 Å². The smallest absolute Gasteiger partial charge is 0.217 e. The summed E-state index contributed by atoms with van der Waals surface area (Å²) in [5.41, 5.74) is 0. The van der Waals surface area contributed by atoms with Crippen LogP contribution in [0.2, 0.25) is 0 Å². The number of hydrogen-bond donors (Lipinski definition) is 30. The van der Waals surface area contributed by atoms with E-state index in [2.05, 4.69) is 26.6 Å². The molecule has 9 heterocycles. The van der Waals surface area contributed by atoms with Crippen molar-refractivity contribution in [2.45, 2.75) is 310 Å². The summed E-state index contributed by atoms with van der Waals surface area (Å²) < 4.78 is 106. The van der Waals surface area contributed by atoms with Crippen molar-refractivity contribution in [1.82, 2.24) is 26.6 Å². The van der Waals surface area contributed by atoms with Gasteiger partial charge in [0, 0.05) is 27.7 Å². The molecule has 9 aliphatic heterocycles. The fourth-order valence-corrected chi connectivity index (χ4v) is 15.1. The molecule has 0 aromatic rings. The Balaban J connectivity index is 0.939. The van der Waals surface area contributed by atoms with Crippen LogP contribution in [-0.4, -0.2) is 513 Å². The Kier molecular flexibility index (Phi) is 36.5. The summed E-state index contributed by atoms with van der Waals surface area (Å²) in [6.45, 7) is -6.95. The Morgan fingerprint density at radius 3 is 0.882 bits per heavy atom. The monoisotopic (exact) mass is 1740 g/mol. The molecule has 9 saturated heterocycles. The van der Waals surface area contributed by atoms with Crippen LogP contribution in [0.15, 0.2) is 0 Å². The van der Waals surface area contributed by atoms with Crippen LogP contribution in [0.5, 0.6) is 0 Å². The van der Waals surface area contributed by atoms with Crippen LogP contribution in [0.25, 0.3) is 0 Å². The molecule has 9 rings (SSSR count). The quantitative estimate of drug-likeness (QED) is 0.0262. The second-order valence-corrected chi connectivity index (χ2v) is 29.6. The lowest BCUT2D eigenvalue weighted by atomic mass is 9.93. The summed E-state index contributed by atoms with van der Waals surface area (Å²) in [6, 6.07) is -8.53. The molecule has 9 aliphatic rings. The Labute approximate surface area is 674 Å². The first-order valence-electron chi connectivity index (χ1n) is 37.8. The van der Waals surface area contributed by atoms with Crippen molar-refractivity contribution >= 4 is 30.0 Å². The van der Waals surface area contributed by atoms with Crippen LogP contribution >= 0.6 is 0 Å². The lowest BCUT2D eigenvalue weighted by Gasteiger charge is -2.51. The molecule has 119 heavy (non-hydrogen) atoms. The molecule has 53 heteroatoms. The first-order valence-corrected chi connectivity index (χ1v) is 37.8. The largest absolute Gasteiger partial charge is 0.394 e. The van der Waals surface area contributed by atoms with E-state index in [1.165, 1.54) is 0 Å². The number of carbonyl (C=O) groups excluding carboxylic acids is 5. The number of aliphatic hydroxyl groups excluding tert-OH is 25. The zero-order chi connectivity index (χ0) is 87.6. The van der Waals surface area contributed by atoms with Gasteiger partial charge in [-0.2, -0.15) is 0 Å². The van der Waals surface area contributed by atoms with Gasteiger partial charge in [0.25, 0.3) is 0 Å². The Bertz CT molecular complexity index is 3160. The first-order chi connectivity index (χ1) is 56.5. The second kappa shape index (κ2) is 44.2. The van der Waals surface area contributed by atoms with E-state index in [0.717, 1.165) is 27.7 Å². The Hall–Kier alpha value is -4.37. The fraction of sp³-hybridized carbons (Fsp3) is 0.924. The van der Waals surface area contributed by atoms with Crippen molar-refractivity contribution in [2.75, 3.05) is 72.7 Å². The van der Waals surface area contributed by atoms with Gasteiger partial charge in [0.2, 0.25) is 30.0 Å². The van der Waals surface area contributed by atoms with Crippen molar-refractivity contribution in [3.8, 4) is 0 Å². The molecule has 0 unspecified atom stereocenters. The third-order valence-corrected chi connectivity index (χ3v) is 21.3. The van der Waals surface area contributed by atoms with Crippen LogP contribution in [0.3, 0.4) is 0 Å². The summed E-state index contributed by atoms with van der Waals surface area (Å²) in [5.74, 6) is -3.69. The molecule has 53 nitrogen and oxygen atoms in total. The number of ether oxygens (including phenoxy) is 18. The van der Waals surface area contributed by atoms with Gasteiger partial charge in [-0.05, 0) is 0 Å². The van der Waals surface area contributed by atoms with Gasteiger partial charge in [-0.3, -0.25) is 24.0 Å². The van der Waals surface area contributed by atoms with Gasteiger partial charge in [-0.25, -0.2) is 0 Å². The normalized spacial score (nSPS) is 46.9. The van der Waals surface area contributed by atoms with E-state index >= 15 is 0 Å². The topological polar surface area (TPSA) is 817 Å². The van der Waals surface area contributed by atoms with Crippen molar-refractivity contribution < 1.29 is 237 Å². The van der Waals surface area contributed by atoms with Crippen LogP contribution in [0.1, 0.15) is 27.7 Å². The Morgan fingerprint density at radius 1 is 0.277 bits per heavy atom. The van der Waals surface area contributed by atoms with Crippen LogP contribution < -0.4 is 26.6 Å². The van der Waals surface area contributed by atoms with Gasteiger partial charge >= 0.3 is 0 Å². The van der Waals surface area contributed by atoms with Crippen molar-refractivity contribution in [3.05, 3.63) is 0 Å². The minimum Gasteiger partial charge on any atom is -0.394 e. The van der Waals surface area contributed by atoms with E-state index in [9.17, 15) is 152 Å². The van der Waals surface area contributed by atoms with Gasteiger partial charge in [0.1, 0.15) is 219 Å². The van der Waals surface area contributed by atoms with Crippen molar-refractivity contribution in [2.24, 2.45) is 0 Å². The van der Waals surface area contributed by atoms with Crippen molar-refractivity contribution in [1.29, 1.82) is 0 Å². The number of aliphatic hydroxyl groups is 25. The number of carbonyl (C=O) groups is 5. The molecule has 0 aromatic carbocycles. The van der Waals surface area contributed by atoms with Crippen LogP contribution in [0.4, 0.5) is 0 Å². The molecule has 9 fully saturated rings. The molecule has 46 atom stereocenters. The van der Waals surface area contributed by atoms with E-state index in [1.807, 2.05) is 0 Å². The average Bonchev–Trinajstić information content (AvgIpc) is 0.767. The molecule has 0 aliphatic carbocycles. The standard InChI is InChI=1S/C66H111N5O48/c1-17(82)68-31-40(91)35(86)22(6-73)104-59(31)119-57-39(90)30(15-103-58-32(69-18(2)83)41(92)51(26(10-77)108-58)113-63-46(97)44(95)36(87)23(7-74)105-63)112-66(50(57)101)115-53-28(12-79)110-61(34(43(53)94)71-20(4)85)117-55-37(88)24(8-75)106-64(48(55)99)114-52-27(11-78)109-60(33(42(52)93)70-19(3)84)118-56-38(89)25(9-76)107-65(49(56)100)116-54-29(13-80)111-62(47(98)45(54)96)102-14-21(5-72)67-16-81/h16,21-66,72-80,86-101H,5-15H2,1-4H3,(H,67,81)(H,68,82)(H,69,83)(H,70,84)(H,71,85)/t21-,22-,23-,24-,25-,26-,27-,28-,29-,30-,31-,32-,33-,34-,35-,36+,37+,38+,39+,40-,41-,42-,43-,44+,45-,46-,47-,48-,49-,50-,51-,52-,53-,54-,55+,56+,57+,58-,59+,60+,61+,62-,63+,64+,65+,66+/m1/s1. The van der Waals surface area contributed by atoms with Gasteiger partial charge in [0.05, 0.1) is 78.7 Å². The highest BCUT2D eigenvalue weighted by Gasteiger charge is 2.61. The van der Waals surface area contributed by atoms with E-state index in [-0.39, 0.29) is 6.41 Å². The predicted octanol–water partition coefficient (Wildman–Crippen LogP) is -20.9. The molecule has 0 aromatic heterocycles. The number of rotatable bonds is 35. The summed E-state index contributed by atoms with van der Waals surface area (Å²) in [5, 5.41) is 289. The van der Waals surface area contributed by atoms with E-state index < -0.39 is 378 Å². The number of hydrogen-bond acceptors (Lipinski definition) is 48. The summed E-state index contributed by atoms with van der Waals surface area (Å²) in [4.78, 5) is 62.4. The molecule has 0 radical (unpaired) electrons. The van der Waals surface area contributed by atoms with Gasteiger partial charge in [-0.15, -0.1) is 0 Å². The zero-order valence-electron chi connectivity index (χ0n) is 64.0. The molecule has 0 spiro atoms.